The van der Waals surface area contributed by atoms with Gasteiger partial charge in [0.1, 0.15) is 6.61 Å². The number of hydrogen-bond donors (Lipinski definition) is 1. The van der Waals surface area contributed by atoms with Gasteiger partial charge in [-0.1, -0.05) is 41.9 Å². The van der Waals surface area contributed by atoms with Crippen LogP contribution in [0.2, 0.25) is 5.02 Å². The van der Waals surface area contributed by atoms with Crippen LogP contribution in [0.15, 0.2) is 48.5 Å². The first kappa shape index (κ1) is 17.9. The van der Waals surface area contributed by atoms with Crippen LogP contribution >= 0.6 is 24.0 Å². The standard InChI is InChI=1S/C19H19ClN2O2.ClH/c20-14-6-7-17-15(10-14)16-11-22(9-8-18(16)21-17)19(23)24-12-13-4-2-1-3-5-13;/h1-7,10,16,18,21H,8-9,11-12H2;1H. The van der Waals surface area contributed by atoms with Crippen LogP contribution in [0.5, 0.6) is 0 Å². The quantitative estimate of drug-likeness (QED) is 0.824. The lowest BCUT2D eigenvalue weighted by atomic mass is 9.89. The van der Waals surface area contributed by atoms with E-state index in [1.807, 2.05) is 53.4 Å². The summed E-state index contributed by atoms with van der Waals surface area (Å²) in [4.78, 5) is 14.2. The molecule has 4 nitrogen and oxygen atoms in total. The lowest BCUT2D eigenvalue weighted by Gasteiger charge is -2.34. The molecular weight excluding hydrogens is 359 g/mol. The number of ether oxygens (including phenoxy) is 1. The molecule has 0 spiro atoms. The minimum absolute atomic E-state index is 0. The Morgan fingerprint density at radius 3 is 2.84 bits per heavy atom. The Labute approximate surface area is 158 Å². The number of piperidine rings is 1. The Balaban J connectivity index is 0.00000182. The molecule has 1 N–H and O–H groups in total. The molecule has 2 unspecified atom stereocenters. The summed E-state index contributed by atoms with van der Waals surface area (Å²) >= 11 is 6.14. The topological polar surface area (TPSA) is 41.6 Å². The molecule has 0 aromatic heterocycles. The molecule has 0 bridgehead atoms. The SMILES string of the molecule is Cl.O=C(OCc1ccccc1)N1CCC2Nc3ccc(Cl)cc3C2C1. The lowest BCUT2D eigenvalue weighted by Crippen LogP contribution is -2.45. The molecule has 2 aliphatic rings. The largest absolute Gasteiger partial charge is 0.445 e. The predicted octanol–water partition coefficient (Wildman–Crippen LogP) is 4.68. The van der Waals surface area contributed by atoms with Crippen molar-refractivity contribution in [1.82, 2.24) is 4.90 Å². The second kappa shape index (κ2) is 7.54. The van der Waals surface area contributed by atoms with E-state index in [2.05, 4.69) is 5.32 Å². The number of nitrogens with zero attached hydrogens (tertiary/aromatic N) is 1. The van der Waals surface area contributed by atoms with Gasteiger partial charge in [0, 0.05) is 35.8 Å². The molecule has 132 valence electrons. The van der Waals surface area contributed by atoms with E-state index in [1.54, 1.807) is 0 Å². The molecule has 2 aromatic rings. The summed E-state index contributed by atoms with van der Waals surface area (Å²) in [6.45, 7) is 1.69. The average Bonchev–Trinajstić information content (AvgIpc) is 2.97. The van der Waals surface area contributed by atoms with Crippen LogP contribution in [0.1, 0.15) is 23.5 Å². The Bertz CT molecular complexity index is 754. The normalized spacial score (nSPS) is 20.8. The number of nitrogens with one attached hydrogen (secondary N) is 1. The first-order valence-corrected chi connectivity index (χ1v) is 8.60. The third-order valence-electron chi connectivity index (χ3n) is 4.83. The van der Waals surface area contributed by atoms with Crippen LogP contribution in [0.4, 0.5) is 10.5 Å². The second-order valence-corrected chi connectivity index (χ2v) is 6.80. The Hall–Kier alpha value is -1.91. The van der Waals surface area contributed by atoms with Crippen LogP contribution in [-0.2, 0) is 11.3 Å². The van der Waals surface area contributed by atoms with Crippen molar-refractivity contribution in [2.75, 3.05) is 18.4 Å². The van der Waals surface area contributed by atoms with Crippen LogP contribution in [0.25, 0.3) is 0 Å². The number of halogens is 2. The van der Waals surface area contributed by atoms with E-state index in [1.165, 1.54) is 5.56 Å². The maximum Gasteiger partial charge on any atom is 0.410 e. The minimum atomic E-state index is -0.243. The zero-order valence-electron chi connectivity index (χ0n) is 13.7. The summed E-state index contributed by atoms with van der Waals surface area (Å²) < 4.78 is 5.47. The third kappa shape index (κ3) is 3.70. The van der Waals surface area contributed by atoms with Crippen molar-refractivity contribution in [3.63, 3.8) is 0 Å². The smallest absolute Gasteiger partial charge is 0.410 e. The molecule has 2 aromatic carbocycles. The Morgan fingerprint density at radius 1 is 1.24 bits per heavy atom. The van der Waals surface area contributed by atoms with E-state index >= 15 is 0 Å². The highest BCUT2D eigenvalue weighted by atomic mass is 35.5. The number of rotatable bonds is 2. The van der Waals surface area contributed by atoms with E-state index in [0.29, 0.717) is 25.7 Å². The number of hydrogen-bond acceptors (Lipinski definition) is 3. The van der Waals surface area contributed by atoms with E-state index in [9.17, 15) is 4.79 Å². The molecule has 2 atom stereocenters. The molecule has 0 saturated carbocycles. The highest BCUT2D eigenvalue weighted by Crippen LogP contribution is 2.41. The zero-order chi connectivity index (χ0) is 16.5. The summed E-state index contributed by atoms with van der Waals surface area (Å²) in [5.74, 6) is 0.275. The maximum absolute atomic E-state index is 12.4. The van der Waals surface area contributed by atoms with Crippen molar-refractivity contribution >= 4 is 35.8 Å². The molecule has 1 saturated heterocycles. The van der Waals surface area contributed by atoms with Crippen molar-refractivity contribution < 1.29 is 9.53 Å². The molecule has 0 aliphatic carbocycles. The van der Waals surface area contributed by atoms with E-state index in [4.69, 9.17) is 16.3 Å². The van der Waals surface area contributed by atoms with E-state index < -0.39 is 0 Å². The molecule has 0 radical (unpaired) electrons. The van der Waals surface area contributed by atoms with Gasteiger partial charge in [-0.05, 0) is 35.7 Å². The molecule has 6 heteroatoms. The molecule has 1 amide bonds. The number of carbonyl (C=O) groups is 1. The number of amides is 1. The summed E-state index contributed by atoms with van der Waals surface area (Å²) in [6, 6.07) is 16.1. The molecule has 25 heavy (non-hydrogen) atoms. The lowest BCUT2D eigenvalue weighted by molar-refractivity contribution is 0.0850. The Kier molecular flexibility index (Phi) is 5.40. The van der Waals surface area contributed by atoms with E-state index in [-0.39, 0.29) is 24.4 Å². The third-order valence-corrected chi connectivity index (χ3v) is 5.07. The maximum atomic E-state index is 12.4. The van der Waals surface area contributed by atoms with Gasteiger partial charge in [0.15, 0.2) is 0 Å². The van der Waals surface area contributed by atoms with Gasteiger partial charge in [-0.25, -0.2) is 4.79 Å². The highest BCUT2D eigenvalue weighted by Gasteiger charge is 2.38. The van der Waals surface area contributed by atoms with Gasteiger partial charge >= 0.3 is 6.09 Å². The van der Waals surface area contributed by atoms with Crippen molar-refractivity contribution in [1.29, 1.82) is 0 Å². The molecule has 4 rings (SSSR count). The molecular formula is C19H20Cl2N2O2. The second-order valence-electron chi connectivity index (χ2n) is 6.36. The minimum Gasteiger partial charge on any atom is -0.445 e. The average molecular weight is 379 g/mol. The fourth-order valence-electron chi connectivity index (χ4n) is 3.59. The first-order valence-electron chi connectivity index (χ1n) is 8.22. The van der Waals surface area contributed by atoms with Gasteiger partial charge in [0.25, 0.3) is 0 Å². The molecule has 2 aliphatic heterocycles. The monoisotopic (exact) mass is 378 g/mol. The first-order chi connectivity index (χ1) is 11.7. The van der Waals surface area contributed by atoms with E-state index in [0.717, 1.165) is 22.7 Å². The summed E-state index contributed by atoms with van der Waals surface area (Å²) in [5, 5.41) is 4.28. The zero-order valence-corrected chi connectivity index (χ0v) is 15.2. The number of fused-ring (bicyclic) bond motifs is 3. The number of anilines is 1. The van der Waals surface area contributed by atoms with Crippen LogP contribution in [0.3, 0.4) is 0 Å². The van der Waals surface area contributed by atoms with Crippen LogP contribution in [-0.4, -0.2) is 30.1 Å². The number of benzene rings is 2. The predicted molar refractivity (Wildman–Crippen MR) is 102 cm³/mol. The molecule has 1 fully saturated rings. The van der Waals surface area contributed by atoms with Crippen molar-refractivity contribution in [3.05, 3.63) is 64.7 Å². The summed E-state index contributed by atoms with van der Waals surface area (Å²) in [6.07, 6.45) is 0.671. The summed E-state index contributed by atoms with van der Waals surface area (Å²) in [7, 11) is 0. The number of likely N-dealkylation sites (tertiary alicyclic amines) is 1. The van der Waals surface area contributed by atoms with Crippen molar-refractivity contribution in [2.45, 2.75) is 25.0 Å². The van der Waals surface area contributed by atoms with Gasteiger partial charge in [-0.15, -0.1) is 12.4 Å². The van der Waals surface area contributed by atoms with Crippen molar-refractivity contribution in [3.8, 4) is 0 Å². The van der Waals surface area contributed by atoms with Gasteiger partial charge in [-0.2, -0.15) is 0 Å². The van der Waals surface area contributed by atoms with Gasteiger partial charge < -0.3 is 15.0 Å². The van der Waals surface area contributed by atoms with Gasteiger partial charge in [-0.3, -0.25) is 0 Å². The van der Waals surface area contributed by atoms with Gasteiger partial charge in [0.05, 0.1) is 0 Å². The van der Waals surface area contributed by atoms with Crippen LogP contribution in [0, 0.1) is 0 Å². The highest BCUT2D eigenvalue weighted by molar-refractivity contribution is 6.30. The van der Waals surface area contributed by atoms with Crippen molar-refractivity contribution in [2.24, 2.45) is 0 Å². The Morgan fingerprint density at radius 2 is 2.04 bits per heavy atom. The van der Waals surface area contributed by atoms with Gasteiger partial charge in [0.2, 0.25) is 0 Å². The molecule has 2 heterocycles. The fourth-order valence-corrected chi connectivity index (χ4v) is 3.77. The van der Waals surface area contributed by atoms with Crippen LogP contribution < -0.4 is 5.32 Å². The fraction of sp³-hybridized carbons (Fsp3) is 0.316. The summed E-state index contributed by atoms with van der Waals surface area (Å²) in [5.41, 5.74) is 3.34. The number of carbonyl (C=O) groups excluding carboxylic acids is 1.